The van der Waals surface area contributed by atoms with Crippen molar-refractivity contribution >= 4 is 11.8 Å². The van der Waals surface area contributed by atoms with Crippen molar-refractivity contribution in [2.24, 2.45) is 0 Å². The van der Waals surface area contributed by atoms with E-state index in [0.29, 0.717) is 0 Å². The van der Waals surface area contributed by atoms with Gasteiger partial charge in [0.1, 0.15) is 4.92 Å². The van der Waals surface area contributed by atoms with Crippen LogP contribution in [0.3, 0.4) is 0 Å². The van der Waals surface area contributed by atoms with Crippen LogP contribution < -0.4 is 5.32 Å². The summed E-state index contributed by atoms with van der Waals surface area (Å²) in [5.74, 6) is -1.07. The van der Waals surface area contributed by atoms with Gasteiger partial charge in [-0.3, -0.25) is 20.0 Å². The molecule has 2 heterocycles. The number of hydrogen-bond acceptors (Lipinski definition) is 5. The molecule has 0 radical (unpaired) electrons. The quantitative estimate of drug-likeness (QED) is 0.603. The largest absolute Gasteiger partial charge is 0.433 e. The molecule has 1 amide bonds. The highest BCUT2D eigenvalue weighted by Gasteiger charge is 2.16. The van der Waals surface area contributed by atoms with E-state index in [9.17, 15) is 14.9 Å². The average molecular weight is 236 g/mol. The molecule has 0 aliphatic heterocycles. The van der Waals surface area contributed by atoms with Crippen molar-refractivity contribution in [1.82, 2.24) is 15.5 Å². The molecule has 2 rings (SSSR count). The second-order valence-electron chi connectivity index (χ2n) is 3.18. The maximum absolute atomic E-state index is 11.5. The molecule has 0 aliphatic rings. The Morgan fingerprint density at radius 2 is 2.41 bits per heavy atom. The van der Waals surface area contributed by atoms with E-state index in [4.69, 9.17) is 4.42 Å². The van der Waals surface area contributed by atoms with Gasteiger partial charge in [0, 0.05) is 18.3 Å². The Morgan fingerprint density at radius 1 is 1.59 bits per heavy atom. The van der Waals surface area contributed by atoms with Crippen molar-refractivity contribution < 1.29 is 14.1 Å². The van der Waals surface area contributed by atoms with Gasteiger partial charge in [-0.25, -0.2) is 0 Å². The minimum Gasteiger partial charge on any atom is -0.395 e. The second kappa shape index (κ2) is 4.47. The van der Waals surface area contributed by atoms with Gasteiger partial charge < -0.3 is 9.73 Å². The fourth-order valence-corrected chi connectivity index (χ4v) is 1.19. The molecule has 0 saturated carbocycles. The lowest BCUT2D eigenvalue weighted by Crippen LogP contribution is -2.21. The fourth-order valence-electron chi connectivity index (χ4n) is 1.19. The smallest absolute Gasteiger partial charge is 0.395 e. The maximum atomic E-state index is 11.5. The van der Waals surface area contributed by atoms with Crippen LogP contribution in [0.25, 0.3) is 0 Å². The van der Waals surface area contributed by atoms with Crippen molar-refractivity contribution in [2.45, 2.75) is 6.54 Å². The highest BCUT2D eigenvalue weighted by atomic mass is 16.6. The van der Waals surface area contributed by atoms with Crippen LogP contribution in [0.15, 0.2) is 28.9 Å². The van der Waals surface area contributed by atoms with Gasteiger partial charge in [0.25, 0.3) is 5.91 Å². The molecule has 0 unspecified atom stereocenters. The van der Waals surface area contributed by atoms with Crippen molar-refractivity contribution in [1.29, 1.82) is 0 Å². The van der Waals surface area contributed by atoms with Crippen LogP contribution in [0.1, 0.15) is 16.1 Å². The second-order valence-corrected chi connectivity index (χ2v) is 3.18. The first-order chi connectivity index (χ1) is 8.16. The summed E-state index contributed by atoms with van der Waals surface area (Å²) in [5.41, 5.74) is 0.791. The molecule has 88 valence electrons. The Morgan fingerprint density at radius 3 is 3.00 bits per heavy atom. The summed E-state index contributed by atoms with van der Waals surface area (Å²) in [6.07, 6.45) is 3.19. The minimum absolute atomic E-state index is 0.0970. The van der Waals surface area contributed by atoms with Gasteiger partial charge in [-0.1, -0.05) is 0 Å². The number of H-pyrrole nitrogens is 1. The van der Waals surface area contributed by atoms with Crippen LogP contribution in [-0.2, 0) is 6.54 Å². The lowest BCUT2D eigenvalue weighted by molar-refractivity contribution is -0.402. The Balaban J connectivity index is 1.97. The Bertz CT molecular complexity index is 531. The molecule has 0 fully saturated rings. The number of carbonyl (C=O) groups excluding carboxylic acids is 1. The van der Waals surface area contributed by atoms with Crippen LogP contribution in [0.5, 0.6) is 0 Å². The molecular weight excluding hydrogens is 228 g/mol. The van der Waals surface area contributed by atoms with E-state index in [-0.39, 0.29) is 12.3 Å². The molecule has 2 aromatic rings. The molecule has 0 atom stereocenters. The van der Waals surface area contributed by atoms with E-state index >= 15 is 0 Å². The minimum atomic E-state index is -0.702. The molecule has 17 heavy (non-hydrogen) atoms. The van der Waals surface area contributed by atoms with Gasteiger partial charge in [-0.05, 0) is 6.07 Å². The van der Waals surface area contributed by atoms with E-state index < -0.39 is 16.7 Å². The lowest BCUT2D eigenvalue weighted by Gasteiger charge is -1.99. The lowest BCUT2D eigenvalue weighted by atomic mass is 10.3. The topological polar surface area (TPSA) is 114 Å². The predicted octanol–water partition coefficient (Wildman–Crippen LogP) is 0.841. The van der Waals surface area contributed by atoms with Crippen molar-refractivity contribution in [3.63, 3.8) is 0 Å². The number of carbonyl (C=O) groups is 1. The third-order valence-electron chi connectivity index (χ3n) is 2.00. The van der Waals surface area contributed by atoms with Crippen LogP contribution in [0, 0.1) is 10.1 Å². The monoisotopic (exact) mass is 236 g/mol. The van der Waals surface area contributed by atoms with Crippen LogP contribution in [0.4, 0.5) is 5.88 Å². The van der Waals surface area contributed by atoms with E-state index in [2.05, 4.69) is 15.5 Å². The number of nitro groups is 1. The first-order valence-electron chi connectivity index (χ1n) is 4.67. The van der Waals surface area contributed by atoms with Gasteiger partial charge in [0.05, 0.1) is 12.3 Å². The summed E-state index contributed by atoms with van der Waals surface area (Å²) in [7, 11) is 0. The summed E-state index contributed by atoms with van der Waals surface area (Å²) in [4.78, 5) is 21.2. The highest BCUT2D eigenvalue weighted by molar-refractivity contribution is 5.91. The number of rotatable bonds is 4. The zero-order valence-electron chi connectivity index (χ0n) is 8.54. The average Bonchev–Trinajstić information content (AvgIpc) is 2.96. The molecule has 2 N–H and O–H groups in total. The Labute approximate surface area is 94.8 Å². The highest BCUT2D eigenvalue weighted by Crippen LogP contribution is 2.15. The molecule has 0 aliphatic carbocycles. The van der Waals surface area contributed by atoms with Crippen molar-refractivity contribution in [2.75, 3.05) is 0 Å². The summed E-state index contributed by atoms with van der Waals surface area (Å²) >= 11 is 0. The molecule has 8 heteroatoms. The summed E-state index contributed by atoms with van der Waals surface area (Å²) in [6, 6.07) is 2.38. The number of nitrogens with zero attached hydrogens (tertiary/aromatic N) is 2. The first-order valence-corrected chi connectivity index (χ1v) is 4.67. The summed E-state index contributed by atoms with van der Waals surface area (Å²) < 4.78 is 4.74. The number of nitrogens with one attached hydrogen (secondary N) is 2. The number of aromatic amines is 1. The molecular formula is C9H8N4O4. The normalized spacial score (nSPS) is 10.1. The number of furan rings is 1. The van der Waals surface area contributed by atoms with Gasteiger partial charge in [-0.15, -0.1) is 0 Å². The predicted molar refractivity (Wildman–Crippen MR) is 55.1 cm³/mol. The van der Waals surface area contributed by atoms with E-state index in [1.165, 1.54) is 6.07 Å². The van der Waals surface area contributed by atoms with Crippen LogP contribution in [0.2, 0.25) is 0 Å². The van der Waals surface area contributed by atoms with Gasteiger partial charge in [0.2, 0.25) is 0 Å². The number of amides is 1. The number of hydrogen-bond donors (Lipinski definition) is 2. The zero-order chi connectivity index (χ0) is 12.3. The summed E-state index contributed by atoms with van der Waals surface area (Å²) in [5, 5.41) is 19.2. The van der Waals surface area contributed by atoms with Crippen molar-refractivity contribution in [3.8, 4) is 0 Å². The standard InChI is InChI=1S/C9H8N4O4/c14-9(10-3-6-4-11-12-5-6)7-1-2-8(17-7)13(15)16/h1-2,4-5H,3H2,(H,10,14)(H,11,12). The SMILES string of the molecule is O=C(NCc1cn[nH]c1)c1ccc([N+](=O)[O-])o1. The molecule has 0 saturated heterocycles. The fraction of sp³-hybridized carbons (Fsp3) is 0.111. The first kappa shape index (κ1) is 10.9. The Kier molecular flexibility index (Phi) is 2.86. The third kappa shape index (κ3) is 2.48. The van der Waals surface area contributed by atoms with Crippen molar-refractivity contribution in [3.05, 3.63) is 46.0 Å². The Hall–Kier alpha value is -2.64. The van der Waals surface area contributed by atoms with Crippen LogP contribution >= 0.6 is 0 Å². The van der Waals surface area contributed by atoms with Gasteiger partial charge in [0.15, 0.2) is 5.76 Å². The molecule has 8 nitrogen and oxygen atoms in total. The molecule has 0 aromatic carbocycles. The third-order valence-corrected chi connectivity index (χ3v) is 2.00. The maximum Gasteiger partial charge on any atom is 0.433 e. The van der Waals surface area contributed by atoms with E-state index in [1.807, 2.05) is 0 Å². The van der Waals surface area contributed by atoms with Gasteiger partial charge in [-0.2, -0.15) is 5.10 Å². The van der Waals surface area contributed by atoms with Gasteiger partial charge >= 0.3 is 5.88 Å². The zero-order valence-corrected chi connectivity index (χ0v) is 8.54. The van der Waals surface area contributed by atoms with Crippen LogP contribution in [-0.4, -0.2) is 21.0 Å². The molecule has 0 bridgehead atoms. The van der Waals surface area contributed by atoms with E-state index in [0.717, 1.165) is 11.6 Å². The molecule has 2 aromatic heterocycles. The van der Waals surface area contributed by atoms with E-state index in [1.54, 1.807) is 12.4 Å². The summed E-state index contributed by atoms with van der Waals surface area (Å²) in [6.45, 7) is 0.268. The number of aromatic nitrogens is 2. The molecule has 0 spiro atoms.